The Morgan fingerprint density at radius 3 is 2.76 bits per heavy atom. The highest BCUT2D eigenvalue weighted by molar-refractivity contribution is 6.06. The maximum atomic E-state index is 10.5. The zero-order valence-corrected chi connectivity index (χ0v) is 12.4. The summed E-state index contributed by atoms with van der Waals surface area (Å²) >= 11 is 0. The molecule has 1 N–H and O–H groups in total. The van der Waals surface area contributed by atoms with E-state index in [0.29, 0.717) is 0 Å². The number of pyridine rings is 1. The molecule has 1 aliphatic rings. The summed E-state index contributed by atoms with van der Waals surface area (Å²) in [6.07, 6.45) is 1.33. The van der Waals surface area contributed by atoms with E-state index in [4.69, 9.17) is 4.98 Å². The van der Waals surface area contributed by atoms with Crippen molar-refractivity contribution in [3.8, 4) is 0 Å². The van der Waals surface area contributed by atoms with E-state index in [1.165, 1.54) is 10.8 Å². The summed E-state index contributed by atoms with van der Waals surface area (Å²) in [5.41, 5.74) is 3.21. The van der Waals surface area contributed by atoms with E-state index >= 15 is 0 Å². The van der Waals surface area contributed by atoms with Crippen LogP contribution in [0.5, 0.6) is 0 Å². The second-order valence-electron chi connectivity index (χ2n) is 6.94. The molecule has 4 rings (SSSR count). The molecular formula is C19H19NO. The zero-order valence-electron chi connectivity index (χ0n) is 12.4. The van der Waals surface area contributed by atoms with Crippen LogP contribution in [0.25, 0.3) is 21.7 Å². The fourth-order valence-corrected chi connectivity index (χ4v) is 3.57. The number of fused-ring (bicyclic) bond motifs is 4. The van der Waals surface area contributed by atoms with Gasteiger partial charge in [-0.3, -0.25) is 4.98 Å². The van der Waals surface area contributed by atoms with Gasteiger partial charge in [-0.1, -0.05) is 44.2 Å². The predicted molar refractivity (Wildman–Crippen MR) is 86.3 cm³/mol. The molecule has 0 saturated carbocycles. The van der Waals surface area contributed by atoms with E-state index in [2.05, 4.69) is 56.3 Å². The van der Waals surface area contributed by atoms with Crippen LogP contribution in [0.2, 0.25) is 0 Å². The monoisotopic (exact) mass is 277 g/mol. The third-order valence-corrected chi connectivity index (χ3v) is 4.59. The summed E-state index contributed by atoms with van der Waals surface area (Å²) in [5.74, 6) is 0. The van der Waals surface area contributed by atoms with E-state index in [1.807, 2.05) is 0 Å². The lowest BCUT2D eigenvalue weighted by Crippen LogP contribution is -2.26. The smallest absolute Gasteiger partial charge is 0.0813 e. The largest absolute Gasteiger partial charge is 0.388 e. The van der Waals surface area contributed by atoms with Crippen molar-refractivity contribution in [2.24, 2.45) is 5.41 Å². The Morgan fingerprint density at radius 2 is 1.90 bits per heavy atom. The van der Waals surface area contributed by atoms with Gasteiger partial charge < -0.3 is 5.11 Å². The molecule has 3 aromatic rings. The van der Waals surface area contributed by atoms with Crippen molar-refractivity contribution in [1.82, 2.24) is 4.98 Å². The van der Waals surface area contributed by atoms with Gasteiger partial charge in [0, 0.05) is 16.6 Å². The van der Waals surface area contributed by atoms with Crippen molar-refractivity contribution in [3.05, 3.63) is 53.7 Å². The first-order chi connectivity index (χ1) is 10.0. The molecule has 0 amide bonds. The lowest BCUT2D eigenvalue weighted by Gasteiger charge is -2.34. The Morgan fingerprint density at radius 1 is 1.10 bits per heavy atom. The van der Waals surface area contributed by atoms with Crippen LogP contribution in [0.15, 0.2) is 42.5 Å². The van der Waals surface area contributed by atoms with Crippen molar-refractivity contribution < 1.29 is 5.11 Å². The normalized spacial score (nSPS) is 20.6. The minimum atomic E-state index is -0.403. The molecule has 0 bridgehead atoms. The molecule has 1 aromatic heterocycles. The average Bonchev–Trinajstić information content (AvgIpc) is 2.44. The standard InChI is InChI=1S/C19H19NO/c1-19(2)10-17-15(18(21)11-19)9-14-13-6-4-3-5-12(13)7-8-16(14)20-17/h3-9,18,21H,10-11H2,1-2H3/t18-/m0/s1. The molecule has 0 unspecified atom stereocenters. The molecule has 2 nitrogen and oxygen atoms in total. The number of hydrogen-bond acceptors (Lipinski definition) is 2. The number of nitrogens with zero attached hydrogens (tertiary/aromatic N) is 1. The average molecular weight is 277 g/mol. The highest BCUT2D eigenvalue weighted by Gasteiger charge is 2.32. The lowest BCUT2D eigenvalue weighted by molar-refractivity contribution is 0.0985. The highest BCUT2D eigenvalue weighted by atomic mass is 16.3. The van der Waals surface area contributed by atoms with Crippen LogP contribution in [-0.2, 0) is 6.42 Å². The molecule has 1 aliphatic carbocycles. The first kappa shape index (κ1) is 12.8. The Hall–Kier alpha value is -1.93. The van der Waals surface area contributed by atoms with Crippen LogP contribution in [0.1, 0.15) is 37.6 Å². The number of aliphatic hydroxyl groups is 1. The summed E-state index contributed by atoms with van der Waals surface area (Å²) in [4.78, 5) is 4.85. The predicted octanol–water partition coefficient (Wildman–Crippen LogP) is 4.39. The number of benzene rings is 2. The molecule has 1 heterocycles. The summed E-state index contributed by atoms with van der Waals surface area (Å²) in [7, 11) is 0. The van der Waals surface area contributed by atoms with E-state index in [9.17, 15) is 5.11 Å². The van der Waals surface area contributed by atoms with Crippen LogP contribution in [0.3, 0.4) is 0 Å². The minimum absolute atomic E-state index is 0.115. The van der Waals surface area contributed by atoms with E-state index in [-0.39, 0.29) is 5.41 Å². The SMILES string of the molecule is CC1(C)Cc2nc3ccc4ccccc4c3cc2[C@@H](O)C1. The highest BCUT2D eigenvalue weighted by Crippen LogP contribution is 2.41. The van der Waals surface area contributed by atoms with Gasteiger partial charge >= 0.3 is 0 Å². The number of aromatic nitrogens is 1. The van der Waals surface area contributed by atoms with Crippen LogP contribution in [0, 0.1) is 5.41 Å². The minimum Gasteiger partial charge on any atom is -0.388 e. The maximum Gasteiger partial charge on any atom is 0.0813 e. The van der Waals surface area contributed by atoms with Crippen LogP contribution in [0.4, 0.5) is 0 Å². The molecule has 2 heteroatoms. The Labute approximate surface area is 124 Å². The Bertz CT molecular complexity index is 851. The number of hydrogen-bond donors (Lipinski definition) is 1. The van der Waals surface area contributed by atoms with Gasteiger partial charge in [-0.05, 0) is 41.2 Å². The van der Waals surface area contributed by atoms with Gasteiger partial charge in [0.05, 0.1) is 11.6 Å². The van der Waals surface area contributed by atoms with Gasteiger partial charge in [0.2, 0.25) is 0 Å². The van der Waals surface area contributed by atoms with E-state index in [1.54, 1.807) is 0 Å². The molecule has 106 valence electrons. The number of rotatable bonds is 0. The van der Waals surface area contributed by atoms with Gasteiger partial charge in [-0.15, -0.1) is 0 Å². The molecule has 0 radical (unpaired) electrons. The van der Waals surface area contributed by atoms with Crippen molar-refractivity contribution >= 4 is 21.7 Å². The van der Waals surface area contributed by atoms with Crippen molar-refractivity contribution in [2.45, 2.75) is 32.8 Å². The fraction of sp³-hybridized carbons (Fsp3) is 0.316. The molecule has 0 saturated heterocycles. The van der Waals surface area contributed by atoms with Gasteiger partial charge in [0.1, 0.15) is 0 Å². The Kier molecular flexibility index (Phi) is 2.61. The topological polar surface area (TPSA) is 33.1 Å². The maximum absolute atomic E-state index is 10.5. The van der Waals surface area contributed by atoms with E-state index in [0.717, 1.165) is 35.0 Å². The van der Waals surface area contributed by atoms with Crippen molar-refractivity contribution in [3.63, 3.8) is 0 Å². The van der Waals surface area contributed by atoms with Gasteiger partial charge in [0.15, 0.2) is 0 Å². The molecule has 21 heavy (non-hydrogen) atoms. The first-order valence-electron chi connectivity index (χ1n) is 7.53. The molecule has 2 aromatic carbocycles. The molecule has 0 spiro atoms. The summed E-state index contributed by atoms with van der Waals surface area (Å²) < 4.78 is 0. The molecule has 1 atom stereocenters. The third-order valence-electron chi connectivity index (χ3n) is 4.59. The summed E-state index contributed by atoms with van der Waals surface area (Å²) in [5, 5.41) is 14.1. The second kappa shape index (κ2) is 4.28. The summed E-state index contributed by atoms with van der Waals surface area (Å²) in [6.45, 7) is 4.40. The van der Waals surface area contributed by atoms with Gasteiger partial charge in [-0.2, -0.15) is 0 Å². The first-order valence-corrected chi connectivity index (χ1v) is 7.53. The van der Waals surface area contributed by atoms with E-state index < -0.39 is 6.10 Å². The second-order valence-corrected chi connectivity index (χ2v) is 6.94. The van der Waals surface area contributed by atoms with Crippen LogP contribution < -0.4 is 0 Å². The Balaban J connectivity index is 2.03. The third kappa shape index (κ3) is 2.02. The molecule has 0 fully saturated rings. The fourth-order valence-electron chi connectivity index (χ4n) is 3.57. The lowest BCUT2D eigenvalue weighted by atomic mass is 9.74. The number of aliphatic hydroxyl groups excluding tert-OH is 1. The van der Waals surface area contributed by atoms with Gasteiger partial charge in [-0.25, -0.2) is 0 Å². The van der Waals surface area contributed by atoms with Crippen molar-refractivity contribution in [2.75, 3.05) is 0 Å². The van der Waals surface area contributed by atoms with Crippen molar-refractivity contribution in [1.29, 1.82) is 0 Å². The van der Waals surface area contributed by atoms with Crippen LogP contribution >= 0.6 is 0 Å². The van der Waals surface area contributed by atoms with Gasteiger partial charge in [0.25, 0.3) is 0 Å². The molecular weight excluding hydrogens is 258 g/mol. The van der Waals surface area contributed by atoms with Crippen LogP contribution in [-0.4, -0.2) is 10.1 Å². The quantitative estimate of drug-likeness (QED) is 0.618. The summed E-state index contributed by atoms with van der Waals surface area (Å²) in [6, 6.07) is 14.7. The molecule has 0 aliphatic heterocycles. The zero-order chi connectivity index (χ0) is 14.6.